The number of ether oxygens (including phenoxy) is 1. The molecule has 5 nitrogen and oxygen atoms in total. The van der Waals surface area contributed by atoms with Gasteiger partial charge in [0.15, 0.2) is 0 Å². The Kier molecular flexibility index (Phi) is 7.14. The van der Waals surface area contributed by atoms with Crippen LogP contribution in [-0.2, 0) is 11.2 Å². The monoisotopic (exact) mass is 443 g/mol. The van der Waals surface area contributed by atoms with Crippen LogP contribution in [0.2, 0.25) is 0 Å². The zero-order valence-electron chi connectivity index (χ0n) is 16.9. The number of aliphatic carboxylic acids is 1. The van der Waals surface area contributed by atoms with E-state index in [-0.39, 0.29) is 24.6 Å². The lowest BCUT2D eigenvalue weighted by Crippen LogP contribution is -2.25. The lowest BCUT2D eigenvalue weighted by atomic mass is 9.98. The molecule has 0 heterocycles. The Morgan fingerprint density at radius 2 is 1.56 bits per heavy atom. The number of carboxylic acids is 1. The molecule has 0 fully saturated rings. The highest BCUT2D eigenvalue weighted by atomic mass is 19.4. The molecule has 0 aromatic heterocycles. The summed E-state index contributed by atoms with van der Waals surface area (Å²) < 4.78 is 40.8. The molecule has 32 heavy (non-hydrogen) atoms. The molecule has 0 spiro atoms. The molecular formula is C24H20F3NO4. The number of carbonyl (C=O) groups is 2. The molecule has 0 radical (unpaired) electrons. The van der Waals surface area contributed by atoms with Gasteiger partial charge in [0.05, 0.1) is 6.42 Å². The van der Waals surface area contributed by atoms with E-state index < -0.39 is 12.3 Å². The molecule has 2 N–H and O–H groups in total. The maximum absolute atomic E-state index is 12.3. The van der Waals surface area contributed by atoms with Gasteiger partial charge in [-0.05, 0) is 52.9 Å². The summed E-state index contributed by atoms with van der Waals surface area (Å²) in [5.74, 6) is -1.59. The zero-order chi connectivity index (χ0) is 23.1. The Morgan fingerprint density at radius 1 is 0.875 bits per heavy atom. The van der Waals surface area contributed by atoms with Crippen LogP contribution in [0.1, 0.15) is 27.9 Å². The molecule has 0 saturated heterocycles. The number of halogens is 3. The second kappa shape index (κ2) is 10.00. The van der Waals surface area contributed by atoms with Crippen molar-refractivity contribution in [2.24, 2.45) is 0 Å². The smallest absolute Gasteiger partial charge is 0.481 e. The van der Waals surface area contributed by atoms with Gasteiger partial charge in [-0.15, -0.1) is 13.2 Å². The van der Waals surface area contributed by atoms with E-state index in [4.69, 9.17) is 5.11 Å². The van der Waals surface area contributed by atoms with Crippen LogP contribution in [0.3, 0.4) is 0 Å². The Bertz CT molecular complexity index is 1080. The molecule has 0 aliphatic rings. The second-order valence-electron chi connectivity index (χ2n) is 7.05. The van der Waals surface area contributed by atoms with Gasteiger partial charge in [0.2, 0.25) is 0 Å². The van der Waals surface area contributed by atoms with Gasteiger partial charge in [-0.3, -0.25) is 9.59 Å². The van der Waals surface area contributed by atoms with Crippen LogP contribution in [0, 0.1) is 0 Å². The lowest BCUT2D eigenvalue weighted by molar-refractivity contribution is -0.274. The van der Waals surface area contributed by atoms with Crippen LogP contribution in [-0.4, -0.2) is 29.9 Å². The normalized spacial score (nSPS) is 11.1. The highest BCUT2D eigenvalue weighted by molar-refractivity contribution is 5.94. The van der Waals surface area contributed by atoms with Crippen molar-refractivity contribution < 1.29 is 32.6 Å². The molecule has 1 amide bonds. The van der Waals surface area contributed by atoms with Crippen LogP contribution in [0.5, 0.6) is 5.75 Å². The topological polar surface area (TPSA) is 75.6 Å². The largest absolute Gasteiger partial charge is 0.573 e. The fraction of sp³-hybridized carbons (Fsp3) is 0.167. The molecule has 3 rings (SSSR count). The number of carbonyl (C=O) groups excluding carboxylic acids is 1. The summed E-state index contributed by atoms with van der Waals surface area (Å²) >= 11 is 0. The molecule has 0 aliphatic carbocycles. The predicted molar refractivity (Wildman–Crippen MR) is 112 cm³/mol. The van der Waals surface area contributed by atoms with Crippen molar-refractivity contribution in [2.45, 2.75) is 19.2 Å². The highest BCUT2D eigenvalue weighted by Gasteiger charge is 2.30. The maximum Gasteiger partial charge on any atom is 0.573 e. The number of nitrogens with one attached hydrogen (secondary N) is 1. The van der Waals surface area contributed by atoms with Gasteiger partial charge < -0.3 is 15.2 Å². The Hall–Kier alpha value is -3.81. The molecule has 0 bridgehead atoms. The minimum absolute atomic E-state index is 0.0615. The first-order valence-corrected chi connectivity index (χ1v) is 9.74. The molecule has 0 atom stereocenters. The quantitative estimate of drug-likeness (QED) is 0.511. The fourth-order valence-electron chi connectivity index (χ4n) is 3.10. The number of benzene rings is 3. The van der Waals surface area contributed by atoms with E-state index in [2.05, 4.69) is 10.1 Å². The molecule has 0 unspecified atom stereocenters. The van der Waals surface area contributed by atoms with Crippen molar-refractivity contribution in [2.75, 3.05) is 6.54 Å². The molecule has 0 aliphatic heterocycles. The number of hydrogen-bond donors (Lipinski definition) is 2. The minimum Gasteiger partial charge on any atom is -0.481 e. The van der Waals surface area contributed by atoms with Gasteiger partial charge in [0.25, 0.3) is 5.91 Å². The predicted octanol–water partition coefficient (Wildman–Crippen LogP) is 5.05. The summed E-state index contributed by atoms with van der Waals surface area (Å²) in [5, 5.41) is 11.2. The second-order valence-corrected chi connectivity index (χ2v) is 7.05. The highest BCUT2D eigenvalue weighted by Crippen LogP contribution is 2.27. The van der Waals surface area contributed by atoms with Crippen LogP contribution in [0.4, 0.5) is 13.2 Å². The average Bonchev–Trinajstić information content (AvgIpc) is 2.73. The van der Waals surface area contributed by atoms with Crippen molar-refractivity contribution in [3.63, 3.8) is 0 Å². The van der Waals surface area contributed by atoms with Crippen LogP contribution >= 0.6 is 0 Å². The van der Waals surface area contributed by atoms with Crippen LogP contribution < -0.4 is 10.1 Å². The summed E-state index contributed by atoms with van der Waals surface area (Å²) in [6.45, 7) is 0.0615. The molecule has 3 aromatic rings. The molecular weight excluding hydrogens is 423 g/mol. The van der Waals surface area contributed by atoms with Gasteiger partial charge in [0, 0.05) is 12.1 Å². The van der Waals surface area contributed by atoms with Gasteiger partial charge in [0.1, 0.15) is 5.75 Å². The van der Waals surface area contributed by atoms with Crippen molar-refractivity contribution in [1.29, 1.82) is 0 Å². The van der Waals surface area contributed by atoms with Gasteiger partial charge >= 0.3 is 12.3 Å². The summed E-state index contributed by atoms with van der Waals surface area (Å²) in [5.41, 5.74) is 4.02. The van der Waals surface area contributed by atoms with E-state index in [1.165, 1.54) is 12.1 Å². The van der Waals surface area contributed by atoms with Crippen molar-refractivity contribution in [1.82, 2.24) is 5.32 Å². The molecule has 8 heteroatoms. The SMILES string of the molecule is O=C(O)CCNC(=O)c1ccc(Cc2cccc(-c3ccc(OC(F)(F)F)cc3)c2)cc1. The first-order chi connectivity index (χ1) is 15.2. The van der Waals surface area contributed by atoms with E-state index in [0.717, 1.165) is 22.3 Å². The number of carboxylic acid groups (broad SMARTS) is 1. The molecule has 3 aromatic carbocycles. The van der Waals surface area contributed by atoms with Crippen molar-refractivity contribution in [3.8, 4) is 16.9 Å². The summed E-state index contributed by atoms with van der Waals surface area (Å²) in [6.07, 6.45) is -4.27. The summed E-state index contributed by atoms with van der Waals surface area (Å²) in [4.78, 5) is 22.5. The van der Waals surface area contributed by atoms with Gasteiger partial charge in [-0.25, -0.2) is 0 Å². The van der Waals surface area contributed by atoms with E-state index in [1.54, 1.807) is 24.3 Å². The van der Waals surface area contributed by atoms with E-state index in [1.807, 2.05) is 36.4 Å². The third-order valence-corrected chi connectivity index (χ3v) is 4.60. The Morgan fingerprint density at radius 3 is 2.19 bits per heavy atom. The average molecular weight is 443 g/mol. The summed E-state index contributed by atoms with van der Waals surface area (Å²) in [6, 6.07) is 20.3. The van der Waals surface area contributed by atoms with Gasteiger partial charge in [-0.2, -0.15) is 0 Å². The fourth-order valence-corrected chi connectivity index (χ4v) is 3.10. The van der Waals surface area contributed by atoms with E-state index in [0.29, 0.717) is 12.0 Å². The number of hydrogen-bond acceptors (Lipinski definition) is 3. The Balaban J connectivity index is 1.64. The van der Waals surface area contributed by atoms with E-state index >= 15 is 0 Å². The van der Waals surface area contributed by atoms with Crippen LogP contribution in [0.25, 0.3) is 11.1 Å². The van der Waals surface area contributed by atoms with E-state index in [9.17, 15) is 22.8 Å². The van der Waals surface area contributed by atoms with Gasteiger partial charge in [-0.1, -0.05) is 48.5 Å². The molecule has 166 valence electrons. The minimum atomic E-state index is -4.73. The number of alkyl halides is 3. The number of amides is 1. The van der Waals surface area contributed by atoms with Crippen molar-refractivity contribution in [3.05, 3.63) is 89.5 Å². The third-order valence-electron chi connectivity index (χ3n) is 4.60. The maximum atomic E-state index is 12.3. The third kappa shape index (κ3) is 6.87. The Labute approximate surface area is 182 Å². The molecule has 0 saturated carbocycles. The van der Waals surface area contributed by atoms with Crippen LogP contribution in [0.15, 0.2) is 72.8 Å². The first-order valence-electron chi connectivity index (χ1n) is 9.74. The zero-order valence-corrected chi connectivity index (χ0v) is 16.9. The lowest BCUT2D eigenvalue weighted by Gasteiger charge is -2.10. The summed E-state index contributed by atoms with van der Waals surface area (Å²) in [7, 11) is 0. The number of rotatable bonds is 8. The first kappa shape index (κ1) is 22.9. The standard InChI is InChI=1S/C24H20F3NO4/c25-24(26,27)32-21-10-8-18(9-11-21)20-3-1-2-17(15-20)14-16-4-6-19(7-5-16)23(31)28-13-12-22(29)30/h1-11,15H,12-14H2,(H,28,31)(H,29,30). The van der Waals surface area contributed by atoms with Crippen molar-refractivity contribution >= 4 is 11.9 Å².